The van der Waals surface area contributed by atoms with E-state index in [1.165, 1.54) is 5.56 Å². The third-order valence-corrected chi connectivity index (χ3v) is 4.65. The minimum Gasteiger partial charge on any atom is -0.494 e. The van der Waals surface area contributed by atoms with Gasteiger partial charge in [-0.05, 0) is 77.3 Å². The first-order valence-electron chi connectivity index (χ1n) is 10.6. The second-order valence-electron chi connectivity index (χ2n) is 7.56. The van der Waals surface area contributed by atoms with E-state index in [0.717, 1.165) is 58.5 Å². The summed E-state index contributed by atoms with van der Waals surface area (Å²) in [5.41, 5.74) is 7.35. The highest BCUT2D eigenvalue weighted by atomic mass is 16.6. The summed E-state index contributed by atoms with van der Waals surface area (Å²) in [6.07, 6.45) is 1.62. The quantitative estimate of drug-likeness (QED) is 0.270. The van der Waals surface area contributed by atoms with Crippen LogP contribution < -0.4 is 4.74 Å². The number of hydrogen-bond donors (Lipinski definition) is 0. The monoisotopic (exact) mass is 418 g/mol. The van der Waals surface area contributed by atoms with Gasteiger partial charge in [-0.1, -0.05) is 11.2 Å². The van der Waals surface area contributed by atoms with Crippen LogP contribution in [0, 0.1) is 20.8 Å². The van der Waals surface area contributed by atoms with E-state index in [2.05, 4.69) is 22.0 Å². The second kappa shape index (κ2) is 10.7. The van der Waals surface area contributed by atoms with Gasteiger partial charge in [0.05, 0.1) is 23.7 Å². The Hall–Kier alpha value is -3.28. The summed E-state index contributed by atoms with van der Waals surface area (Å²) in [5.74, 6) is 0.817. The number of aryl methyl sites for hydroxylation is 4. The Labute approximate surface area is 184 Å². The molecule has 31 heavy (non-hydrogen) atoms. The molecule has 0 aliphatic carbocycles. The zero-order chi connectivity index (χ0) is 22.2. The van der Waals surface area contributed by atoms with E-state index in [0.29, 0.717) is 13.2 Å². The fourth-order valence-corrected chi connectivity index (χ4v) is 3.31. The molecule has 0 saturated carbocycles. The Balaban J connectivity index is 1.57. The van der Waals surface area contributed by atoms with E-state index >= 15 is 0 Å². The molecule has 162 valence electrons. The van der Waals surface area contributed by atoms with Gasteiger partial charge in [0, 0.05) is 29.2 Å². The summed E-state index contributed by atoms with van der Waals surface area (Å²) < 4.78 is 5.63. The molecule has 0 N–H and O–H groups in total. The number of nitrogens with zero attached hydrogens (tertiary/aromatic N) is 4. The average molecular weight is 419 g/mol. The van der Waals surface area contributed by atoms with Gasteiger partial charge in [-0.15, -0.1) is 0 Å². The largest absolute Gasteiger partial charge is 0.494 e. The van der Waals surface area contributed by atoms with E-state index in [4.69, 9.17) is 14.6 Å². The SMILES string of the molecule is CCOc1cc(C)nc(-c2cccc(CCCON=C(C)c3cc(C)cc(C)n3)n2)c1. The first kappa shape index (κ1) is 22.4. The van der Waals surface area contributed by atoms with Crippen molar-refractivity contribution in [2.45, 2.75) is 47.5 Å². The molecule has 3 heterocycles. The van der Waals surface area contributed by atoms with Crippen molar-refractivity contribution >= 4 is 5.71 Å². The summed E-state index contributed by atoms with van der Waals surface area (Å²) in [5, 5.41) is 4.22. The lowest BCUT2D eigenvalue weighted by Crippen LogP contribution is -2.03. The van der Waals surface area contributed by atoms with Gasteiger partial charge >= 0.3 is 0 Å². The van der Waals surface area contributed by atoms with Gasteiger partial charge in [-0.3, -0.25) is 15.0 Å². The normalized spacial score (nSPS) is 11.5. The third-order valence-electron chi connectivity index (χ3n) is 4.65. The van der Waals surface area contributed by atoms with Crippen LogP contribution in [0.3, 0.4) is 0 Å². The van der Waals surface area contributed by atoms with Gasteiger partial charge in [-0.2, -0.15) is 0 Å². The molecule has 3 rings (SSSR count). The first-order chi connectivity index (χ1) is 14.9. The maximum absolute atomic E-state index is 5.63. The van der Waals surface area contributed by atoms with Crippen LogP contribution in [0.5, 0.6) is 5.75 Å². The van der Waals surface area contributed by atoms with Crippen LogP contribution in [0.4, 0.5) is 0 Å². The number of pyridine rings is 3. The van der Waals surface area contributed by atoms with E-state index < -0.39 is 0 Å². The predicted molar refractivity (Wildman–Crippen MR) is 124 cm³/mol. The van der Waals surface area contributed by atoms with Crippen molar-refractivity contribution in [2.24, 2.45) is 5.16 Å². The minimum atomic E-state index is 0.519. The predicted octanol–water partition coefficient (Wildman–Crippen LogP) is 5.24. The summed E-state index contributed by atoms with van der Waals surface area (Å²) >= 11 is 0. The Bertz CT molecular complexity index is 1040. The van der Waals surface area contributed by atoms with E-state index in [-0.39, 0.29) is 0 Å². The molecule has 3 aromatic rings. The van der Waals surface area contributed by atoms with Crippen molar-refractivity contribution in [3.63, 3.8) is 0 Å². The van der Waals surface area contributed by atoms with Gasteiger partial charge in [0.25, 0.3) is 0 Å². The fraction of sp³-hybridized carbons (Fsp3) is 0.360. The molecule has 0 aliphatic heterocycles. The Morgan fingerprint density at radius 2 is 1.74 bits per heavy atom. The summed E-state index contributed by atoms with van der Waals surface area (Å²) in [7, 11) is 0. The molecule has 0 radical (unpaired) electrons. The molecular formula is C25H30N4O2. The maximum Gasteiger partial charge on any atom is 0.123 e. The van der Waals surface area contributed by atoms with Crippen molar-refractivity contribution in [1.29, 1.82) is 0 Å². The molecule has 3 aromatic heterocycles. The molecule has 0 saturated heterocycles. The molecule has 0 bridgehead atoms. The third kappa shape index (κ3) is 6.60. The van der Waals surface area contributed by atoms with Crippen molar-refractivity contribution in [1.82, 2.24) is 15.0 Å². The molecule has 0 atom stereocenters. The van der Waals surface area contributed by atoms with Crippen molar-refractivity contribution in [3.8, 4) is 17.1 Å². The van der Waals surface area contributed by atoms with E-state index in [1.54, 1.807) is 0 Å². The lowest BCUT2D eigenvalue weighted by molar-refractivity contribution is 0.141. The zero-order valence-electron chi connectivity index (χ0n) is 19.0. The molecule has 6 heteroatoms. The number of ether oxygens (including phenoxy) is 1. The van der Waals surface area contributed by atoms with Crippen molar-refractivity contribution in [3.05, 3.63) is 70.8 Å². The van der Waals surface area contributed by atoms with Crippen LogP contribution in [0.15, 0.2) is 47.6 Å². The van der Waals surface area contributed by atoms with Crippen molar-refractivity contribution < 1.29 is 9.57 Å². The van der Waals surface area contributed by atoms with Gasteiger partial charge < -0.3 is 9.57 Å². The highest BCUT2D eigenvalue weighted by molar-refractivity contribution is 5.96. The number of rotatable bonds is 9. The van der Waals surface area contributed by atoms with Crippen LogP contribution in [0.25, 0.3) is 11.4 Å². The highest BCUT2D eigenvalue weighted by Crippen LogP contribution is 2.22. The number of aromatic nitrogens is 3. The number of hydrogen-bond acceptors (Lipinski definition) is 6. The molecule has 6 nitrogen and oxygen atoms in total. The Kier molecular flexibility index (Phi) is 7.70. The average Bonchev–Trinajstić information content (AvgIpc) is 2.73. The van der Waals surface area contributed by atoms with E-state index in [1.807, 2.05) is 70.2 Å². The molecule has 0 amide bonds. The van der Waals surface area contributed by atoms with Crippen LogP contribution in [-0.2, 0) is 11.3 Å². The van der Waals surface area contributed by atoms with Crippen LogP contribution in [0.2, 0.25) is 0 Å². The zero-order valence-corrected chi connectivity index (χ0v) is 19.0. The van der Waals surface area contributed by atoms with Crippen LogP contribution in [0.1, 0.15) is 48.6 Å². The van der Waals surface area contributed by atoms with Crippen LogP contribution in [-0.4, -0.2) is 33.9 Å². The van der Waals surface area contributed by atoms with E-state index in [9.17, 15) is 0 Å². The van der Waals surface area contributed by atoms with Gasteiger partial charge in [-0.25, -0.2) is 0 Å². The minimum absolute atomic E-state index is 0.519. The smallest absolute Gasteiger partial charge is 0.123 e. The number of oxime groups is 1. The van der Waals surface area contributed by atoms with Crippen LogP contribution >= 0.6 is 0 Å². The molecule has 0 aliphatic rings. The molecule has 0 spiro atoms. The second-order valence-corrected chi connectivity index (χ2v) is 7.56. The molecular weight excluding hydrogens is 388 g/mol. The summed E-state index contributed by atoms with van der Waals surface area (Å²) in [6.45, 7) is 11.0. The molecule has 0 fully saturated rings. The fourth-order valence-electron chi connectivity index (χ4n) is 3.31. The van der Waals surface area contributed by atoms with Gasteiger partial charge in [0.2, 0.25) is 0 Å². The summed E-state index contributed by atoms with van der Waals surface area (Å²) in [6, 6.07) is 13.9. The maximum atomic E-state index is 5.63. The standard InChI is InChI=1S/C25H30N4O2/c1-6-30-22-15-19(4)27-25(16-22)23-11-7-9-21(28-23)10-8-12-31-29-20(5)24-14-17(2)13-18(3)26-24/h7,9,11,13-16H,6,8,10,12H2,1-5H3. The van der Waals surface area contributed by atoms with Crippen molar-refractivity contribution in [2.75, 3.05) is 13.2 Å². The summed E-state index contributed by atoms with van der Waals surface area (Å²) in [4.78, 5) is 19.4. The topological polar surface area (TPSA) is 69.5 Å². The van der Waals surface area contributed by atoms with Gasteiger partial charge in [0.1, 0.15) is 18.1 Å². The van der Waals surface area contributed by atoms with Gasteiger partial charge in [0.15, 0.2) is 0 Å². The Morgan fingerprint density at radius 3 is 2.52 bits per heavy atom. The Morgan fingerprint density at radius 1 is 0.935 bits per heavy atom. The molecule has 0 unspecified atom stereocenters. The molecule has 0 aromatic carbocycles. The first-order valence-corrected chi connectivity index (χ1v) is 10.6. The highest BCUT2D eigenvalue weighted by Gasteiger charge is 2.07. The lowest BCUT2D eigenvalue weighted by atomic mass is 10.1. The lowest BCUT2D eigenvalue weighted by Gasteiger charge is -2.08.